The van der Waals surface area contributed by atoms with Gasteiger partial charge in [0.2, 0.25) is 0 Å². The lowest BCUT2D eigenvalue weighted by atomic mass is 10.0. The average molecular weight is 273 g/mol. The minimum Gasteiger partial charge on any atom is -0.309 e. The van der Waals surface area contributed by atoms with Crippen molar-refractivity contribution in [2.75, 3.05) is 13.1 Å². The maximum absolute atomic E-state index is 12.9. The molecule has 1 heterocycles. The Morgan fingerprint density at radius 3 is 2.17 bits per heavy atom. The van der Waals surface area contributed by atoms with Gasteiger partial charge in [-0.3, -0.25) is 4.90 Å². The highest BCUT2D eigenvalue weighted by atomic mass is 35.5. The monoisotopic (exact) mass is 272 g/mol. The van der Waals surface area contributed by atoms with Crippen LogP contribution in [0.15, 0.2) is 24.3 Å². The van der Waals surface area contributed by atoms with Gasteiger partial charge < -0.3 is 5.32 Å². The van der Waals surface area contributed by atoms with E-state index >= 15 is 0 Å². The molecule has 3 unspecified atom stereocenters. The van der Waals surface area contributed by atoms with Gasteiger partial charge in [0.1, 0.15) is 5.82 Å². The van der Waals surface area contributed by atoms with E-state index in [4.69, 9.17) is 0 Å². The van der Waals surface area contributed by atoms with E-state index in [0.29, 0.717) is 18.1 Å². The van der Waals surface area contributed by atoms with Gasteiger partial charge in [-0.05, 0) is 38.5 Å². The standard InChI is InChI=1S/C14H21FN2.ClH/c1-10-8-17(9-11(2)16-10)12(3)13-4-6-14(15)7-5-13;/h4-7,10-12,16H,8-9H2,1-3H3;1H. The quantitative estimate of drug-likeness (QED) is 0.890. The van der Waals surface area contributed by atoms with Crippen molar-refractivity contribution in [2.24, 2.45) is 0 Å². The van der Waals surface area contributed by atoms with E-state index < -0.39 is 0 Å². The number of hydrogen-bond acceptors (Lipinski definition) is 2. The Kier molecular flexibility index (Phi) is 5.57. The Labute approximate surface area is 115 Å². The molecule has 102 valence electrons. The minimum absolute atomic E-state index is 0. The molecule has 1 aliphatic rings. The van der Waals surface area contributed by atoms with E-state index in [9.17, 15) is 4.39 Å². The van der Waals surface area contributed by atoms with E-state index in [1.54, 1.807) is 12.1 Å². The first-order chi connectivity index (χ1) is 8.06. The minimum atomic E-state index is -0.164. The zero-order valence-electron chi connectivity index (χ0n) is 11.2. The number of piperazine rings is 1. The van der Waals surface area contributed by atoms with Gasteiger partial charge in [-0.25, -0.2) is 4.39 Å². The van der Waals surface area contributed by atoms with Crippen LogP contribution in [0.3, 0.4) is 0 Å². The molecule has 1 aliphatic heterocycles. The average Bonchev–Trinajstić information content (AvgIpc) is 2.28. The molecule has 3 atom stereocenters. The topological polar surface area (TPSA) is 15.3 Å². The van der Waals surface area contributed by atoms with Gasteiger partial charge in [-0.1, -0.05) is 12.1 Å². The van der Waals surface area contributed by atoms with Gasteiger partial charge in [0.25, 0.3) is 0 Å². The molecular weight excluding hydrogens is 251 g/mol. The molecule has 1 saturated heterocycles. The van der Waals surface area contributed by atoms with Gasteiger partial charge in [0.05, 0.1) is 0 Å². The van der Waals surface area contributed by atoms with Gasteiger partial charge in [-0.15, -0.1) is 12.4 Å². The lowest BCUT2D eigenvalue weighted by molar-refractivity contribution is 0.131. The Morgan fingerprint density at radius 1 is 1.17 bits per heavy atom. The van der Waals surface area contributed by atoms with Crippen LogP contribution >= 0.6 is 12.4 Å². The summed E-state index contributed by atoms with van der Waals surface area (Å²) >= 11 is 0. The smallest absolute Gasteiger partial charge is 0.123 e. The summed E-state index contributed by atoms with van der Waals surface area (Å²) in [5.74, 6) is -0.164. The van der Waals surface area contributed by atoms with E-state index in [-0.39, 0.29) is 18.2 Å². The van der Waals surface area contributed by atoms with Crippen molar-refractivity contribution in [1.29, 1.82) is 0 Å². The predicted octanol–water partition coefficient (Wildman–Crippen LogP) is 2.99. The number of benzene rings is 1. The number of rotatable bonds is 2. The predicted molar refractivity (Wildman–Crippen MR) is 75.7 cm³/mol. The molecule has 0 spiro atoms. The van der Waals surface area contributed by atoms with Crippen molar-refractivity contribution >= 4 is 12.4 Å². The highest BCUT2D eigenvalue weighted by molar-refractivity contribution is 5.85. The summed E-state index contributed by atoms with van der Waals surface area (Å²) in [6.07, 6.45) is 0. The SMILES string of the molecule is CC1CN(C(C)c2ccc(F)cc2)CC(C)N1.Cl. The number of nitrogens with zero attached hydrogens (tertiary/aromatic N) is 1. The maximum atomic E-state index is 12.9. The third-order valence-corrected chi connectivity index (χ3v) is 3.49. The molecule has 1 fully saturated rings. The first-order valence-corrected chi connectivity index (χ1v) is 6.32. The van der Waals surface area contributed by atoms with Crippen molar-refractivity contribution in [3.63, 3.8) is 0 Å². The summed E-state index contributed by atoms with van der Waals surface area (Å²) in [6, 6.07) is 8.24. The fraction of sp³-hybridized carbons (Fsp3) is 0.571. The Balaban J connectivity index is 0.00000162. The molecular formula is C14H22ClFN2. The second kappa shape index (κ2) is 6.50. The summed E-state index contributed by atoms with van der Waals surface area (Å²) in [7, 11) is 0. The Hall–Kier alpha value is -0.640. The molecule has 4 heteroatoms. The molecule has 1 aromatic rings. The van der Waals surface area contributed by atoms with Crippen molar-refractivity contribution < 1.29 is 4.39 Å². The molecule has 0 aromatic heterocycles. The number of halogens is 2. The summed E-state index contributed by atoms with van der Waals surface area (Å²) in [6.45, 7) is 8.70. The van der Waals surface area contributed by atoms with Crippen LogP contribution in [0.2, 0.25) is 0 Å². The van der Waals surface area contributed by atoms with Crippen LogP contribution in [-0.2, 0) is 0 Å². The van der Waals surface area contributed by atoms with Crippen molar-refractivity contribution in [3.05, 3.63) is 35.6 Å². The van der Waals surface area contributed by atoms with Gasteiger partial charge >= 0.3 is 0 Å². The van der Waals surface area contributed by atoms with Crippen LogP contribution in [0.25, 0.3) is 0 Å². The van der Waals surface area contributed by atoms with Crippen LogP contribution in [-0.4, -0.2) is 30.1 Å². The second-order valence-electron chi connectivity index (χ2n) is 5.15. The van der Waals surface area contributed by atoms with E-state index in [1.165, 1.54) is 5.56 Å². The fourth-order valence-electron chi connectivity index (χ4n) is 2.64. The van der Waals surface area contributed by atoms with Crippen molar-refractivity contribution in [2.45, 2.75) is 38.9 Å². The molecule has 18 heavy (non-hydrogen) atoms. The molecule has 0 aliphatic carbocycles. The van der Waals surface area contributed by atoms with E-state index in [0.717, 1.165) is 13.1 Å². The van der Waals surface area contributed by atoms with Crippen LogP contribution in [0.1, 0.15) is 32.4 Å². The van der Waals surface area contributed by atoms with Crippen LogP contribution < -0.4 is 5.32 Å². The Bertz CT molecular complexity index is 359. The first-order valence-electron chi connectivity index (χ1n) is 6.32. The molecule has 1 N–H and O–H groups in total. The summed E-state index contributed by atoms with van der Waals surface area (Å²) in [5.41, 5.74) is 1.19. The van der Waals surface area contributed by atoms with Crippen molar-refractivity contribution in [3.8, 4) is 0 Å². The van der Waals surface area contributed by atoms with Crippen LogP contribution in [0, 0.1) is 5.82 Å². The highest BCUT2D eigenvalue weighted by Crippen LogP contribution is 2.22. The van der Waals surface area contributed by atoms with Gasteiger partial charge in [0.15, 0.2) is 0 Å². The first kappa shape index (κ1) is 15.4. The Morgan fingerprint density at radius 2 is 1.67 bits per heavy atom. The second-order valence-corrected chi connectivity index (χ2v) is 5.15. The third-order valence-electron chi connectivity index (χ3n) is 3.49. The fourth-order valence-corrected chi connectivity index (χ4v) is 2.64. The van der Waals surface area contributed by atoms with Gasteiger partial charge in [-0.2, -0.15) is 0 Å². The zero-order chi connectivity index (χ0) is 12.4. The summed E-state index contributed by atoms with van der Waals surface area (Å²) in [5, 5.41) is 3.52. The number of nitrogens with one attached hydrogen (secondary N) is 1. The van der Waals surface area contributed by atoms with Crippen LogP contribution in [0.5, 0.6) is 0 Å². The molecule has 0 radical (unpaired) electrons. The lowest BCUT2D eigenvalue weighted by Gasteiger charge is -2.39. The molecule has 2 nitrogen and oxygen atoms in total. The highest BCUT2D eigenvalue weighted by Gasteiger charge is 2.25. The van der Waals surface area contributed by atoms with Gasteiger partial charge in [0, 0.05) is 31.2 Å². The molecule has 0 saturated carbocycles. The normalized spacial score (nSPS) is 26.4. The van der Waals surface area contributed by atoms with E-state index in [1.807, 2.05) is 12.1 Å². The maximum Gasteiger partial charge on any atom is 0.123 e. The summed E-state index contributed by atoms with van der Waals surface area (Å²) in [4.78, 5) is 2.46. The van der Waals surface area contributed by atoms with E-state index in [2.05, 4.69) is 31.0 Å². The van der Waals surface area contributed by atoms with Crippen molar-refractivity contribution in [1.82, 2.24) is 10.2 Å². The van der Waals surface area contributed by atoms with Crippen LogP contribution in [0.4, 0.5) is 4.39 Å². The molecule has 2 rings (SSSR count). The summed E-state index contributed by atoms with van der Waals surface area (Å²) < 4.78 is 12.9. The molecule has 1 aromatic carbocycles. The zero-order valence-corrected chi connectivity index (χ0v) is 12.0. The molecule has 0 bridgehead atoms. The number of hydrogen-bond donors (Lipinski definition) is 1. The third kappa shape index (κ3) is 3.67. The lowest BCUT2D eigenvalue weighted by Crippen LogP contribution is -2.54. The largest absolute Gasteiger partial charge is 0.309 e. The molecule has 0 amide bonds.